The number of rotatable bonds is 7. The molecule has 0 saturated carbocycles. The van der Waals surface area contributed by atoms with Gasteiger partial charge in [-0.2, -0.15) is 20.1 Å². The van der Waals surface area contributed by atoms with E-state index in [0.29, 0.717) is 5.01 Å². The summed E-state index contributed by atoms with van der Waals surface area (Å²) in [6, 6.07) is 5.65. The molecule has 1 aromatic carbocycles. The third kappa shape index (κ3) is 5.24. The third-order valence-corrected chi connectivity index (χ3v) is 5.12. The highest BCUT2D eigenvalue weighted by Crippen LogP contribution is 2.29. The highest BCUT2D eigenvalue weighted by atomic mass is 35.5. The van der Waals surface area contributed by atoms with Crippen LogP contribution in [0, 0.1) is 0 Å². The number of thiophene rings is 1. The van der Waals surface area contributed by atoms with Crippen LogP contribution >= 0.6 is 34.3 Å². The summed E-state index contributed by atoms with van der Waals surface area (Å²) in [5, 5.41) is 8.38. The van der Waals surface area contributed by atoms with E-state index in [4.69, 9.17) is 16.3 Å². The number of benzene rings is 1. The number of hydrogen-bond acceptors (Lipinski definition) is 7. The third-order valence-electron chi connectivity index (χ3n) is 3.25. The maximum atomic E-state index is 12.2. The normalized spacial score (nSPS) is 10.7. The summed E-state index contributed by atoms with van der Waals surface area (Å²) in [7, 11) is 0. The molecule has 0 unspecified atom stereocenters. The number of carbonyl (C=O) groups is 2. The average molecular weight is 445 g/mol. The van der Waals surface area contributed by atoms with Crippen LogP contribution in [0.2, 0.25) is 5.02 Å². The summed E-state index contributed by atoms with van der Waals surface area (Å²) in [4.78, 5) is 28.1. The number of amides is 1. The molecule has 0 atom stereocenters. The Kier molecular flexibility index (Phi) is 6.55. The lowest BCUT2D eigenvalue weighted by atomic mass is 10.3. The second-order valence-electron chi connectivity index (χ2n) is 5.20. The number of esters is 1. The van der Waals surface area contributed by atoms with E-state index in [1.807, 2.05) is 16.8 Å². The SMILES string of the molecule is O=C(COC(=O)c1csc(-c2ccsc2)n1)Nc1ccc(OC(F)F)c(Cl)c1. The van der Waals surface area contributed by atoms with Crippen molar-refractivity contribution in [1.29, 1.82) is 0 Å². The molecule has 0 spiro atoms. The van der Waals surface area contributed by atoms with E-state index in [-0.39, 0.29) is 22.2 Å². The lowest BCUT2D eigenvalue weighted by Crippen LogP contribution is -2.21. The molecule has 2 aromatic heterocycles. The molecule has 3 aromatic rings. The minimum Gasteiger partial charge on any atom is -0.451 e. The van der Waals surface area contributed by atoms with E-state index in [9.17, 15) is 18.4 Å². The molecule has 11 heteroatoms. The number of ether oxygens (including phenoxy) is 2. The Morgan fingerprint density at radius 1 is 1.25 bits per heavy atom. The van der Waals surface area contributed by atoms with Crippen LogP contribution in [0.25, 0.3) is 10.6 Å². The molecule has 6 nitrogen and oxygen atoms in total. The topological polar surface area (TPSA) is 77.5 Å². The number of anilines is 1. The summed E-state index contributed by atoms with van der Waals surface area (Å²) in [6.07, 6.45) is 0. The van der Waals surface area contributed by atoms with Gasteiger partial charge in [0.05, 0.1) is 5.02 Å². The van der Waals surface area contributed by atoms with Crippen LogP contribution < -0.4 is 10.1 Å². The molecule has 1 amide bonds. The van der Waals surface area contributed by atoms with Gasteiger partial charge in [-0.3, -0.25) is 4.79 Å². The van der Waals surface area contributed by atoms with Crippen LogP contribution in [0.1, 0.15) is 10.5 Å². The Hall–Kier alpha value is -2.56. The smallest absolute Gasteiger partial charge is 0.387 e. The molecule has 3 rings (SSSR count). The van der Waals surface area contributed by atoms with Crippen molar-refractivity contribution >= 4 is 51.8 Å². The molecule has 146 valence electrons. The van der Waals surface area contributed by atoms with Crippen molar-refractivity contribution in [3.63, 3.8) is 0 Å². The van der Waals surface area contributed by atoms with Crippen molar-refractivity contribution < 1.29 is 27.8 Å². The first kappa shape index (κ1) is 20.2. The first-order valence-corrected chi connectivity index (χ1v) is 9.82. The largest absolute Gasteiger partial charge is 0.451 e. The molecule has 0 saturated heterocycles. The second-order valence-corrected chi connectivity index (χ2v) is 7.24. The van der Waals surface area contributed by atoms with Crippen LogP contribution in [0.5, 0.6) is 5.75 Å². The van der Waals surface area contributed by atoms with E-state index < -0.39 is 25.1 Å². The zero-order valence-electron chi connectivity index (χ0n) is 13.9. The number of aromatic nitrogens is 1. The Bertz CT molecular complexity index is 979. The van der Waals surface area contributed by atoms with Crippen molar-refractivity contribution in [3.05, 3.63) is 51.1 Å². The average Bonchev–Trinajstić information content (AvgIpc) is 3.33. The predicted molar refractivity (Wildman–Crippen MR) is 102 cm³/mol. The number of hydrogen-bond donors (Lipinski definition) is 1. The van der Waals surface area contributed by atoms with E-state index in [2.05, 4.69) is 15.0 Å². The van der Waals surface area contributed by atoms with E-state index in [0.717, 1.165) is 5.56 Å². The molecule has 0 aliphatic carbocycles. The lowest BCUT2D eigenvalue weighted by molar-refractivity contribution is -0.119. The Morgan fingerprint density at radius 3 is 2.75 bits per heavy atom. The van der Waals surface area contributed by atoms with Crippen LogP contribution in [0.15, 0.2) is 40.4 Å². The molecule has 0 aliphatic rings. The molecule has 0 radical (unpaired) electrons. The molecule has 0 aliphatic heterocycles. The quantitative estimate of drug-likeness (QED) is 0.523. The Labute approximate surface area is 170 Å². The fourth-order valence-corrected chi connectivity index (χ4v) is 3.79. The number of carbonyl (C=O) groups excluding carboxylic acids is 2. The fourth-order valence-electron chi connectivity index (χ4n) is 2.06. The van der Waals surface area contributed by atoms with Gasteiger partial charge >= 0.3 is 12.6 Å². The fraction of sp³-hybridized carbons (Fsp3) is 0.118. The van der Waals surface area contributed by atoms with Gasteiger partial charge in [0.25, 0.3) is 5.91 Å². The van der Waals surface area contributed by atoms with Crippen molar-refractivity contribution in [3.8, 4) is 16.3 Å². The zero-order valence-corrected chi connectivity index (χ0v) is 16.2. The van der Waals surface area contributed by atoms with Crippen LogP contribution in [-0.2, 0) is 9.53 Å². The number of halogens is 3. The molecular weight excluding hydrogens is 434 g/mol. The van der Waals surface area contributed by atoms with Gasteiger partial charge < -0.3 is 14.8 Å². The number of nitrogens with one attached hydrogen (secondary N) is 1. The maximum absolute atomic E-state index is 12.2. The summed E-state index contributed by atoms with van der Waals surface area (Å²) in [5.74, 6) is -1.57. The lowest BCUT2D eigenvalue weighted by Gasteiger charge is -2.09. The van der Waals surface area contributed by atoms with Gasteiger partial charge in [0.15, 0.2) is 12.3 Å². The van der Waals surface area contributed by atoms with Gasteiger partial charge in [-0.1, -0.05) is 11.6 Å². The monoisotopic (exact) mass is 444 g/mol. The molecule has 2 heterocycles. The highest BCUT2D eigenvalue weighted by Gasteiger charge is 2.16. The van der Waals surface area contributed by atoms with Crippen LogP contribution in [0.4, 0.5) is 14.5 Å². The van der Waals surface area contributed by atoms with Crippen molar-refractivity contribution in [1.82, 2.24) is 4.98 Å². The summed E-state index contributed by atoms with van der Waals surface area (Å²) >= 11 is 8.62. The van der Waals surface area contributed by atoms with Crippen molar-refractivity contribution in [2.75, 3.05) is 11.9 Å². The van der Waals surface area contributed by atoms with Gasteiger partial charge in [0.1, 0.15) is 10.8 Å². The predicted octanol–water partition coefficient (Wildman–Crippen LogP) is 4.92. The first-order valence-electron chi connectivity index (χ1n) is 7.62. The molecule has 0 fully saturated rings. The second kappa shape index (κ2) is 9.09. The van der Waals surface area contributed by atoms with Gasteiger partial charge in [-0.15, -0.1) is 11.3 Å². The minimum atomic E-state index is -3.01. The summed E-state index contributed by atoms with van der Waals surface area (Å²) < 4.78 is 33.6. The zero-order chi connectivity index (χ0) is 20.1. The van der Waals surface area contributed by atoms with Gasteiger partial charge in [-0.05, 0) is 29.6 Å². The number of alkyl halides is 2. The van der Waals surface area contributed by atoms with Crippen molar-refractivity contribution in [2.24, 2.45) is 0 Å². The Morgan fingerprint density at radius 2 is 2.07 bits per heavy atom. The minimum absolute atomic E-state index is 0.0986. The van der Waals surface area contributed by atoms with Crippen LogP contribution in [-0.4, -0.2) is 30.1 Å². The highest BCUT2D eigenvalue weighted by molar-refractivity contribution is 7.14. The maximum Gasteiger partial charge on any atom is 0.387 e. The van der Waals surface area contributed by atoms with E-state index in [1.54, 1.807) is 5.38 Å². The van der Waals surface area contributed by atoms with Gasteiger partial charge in [0.2, 0.25) is 0 Å². The molecule has 1 N–H and O–H groups in total. The summed E-state index contributed by atoms with van der Waals surface area (Å²) in [6.45, 7) is -3.56. The van der Waals surface area contributed by atoms with E-state index in [1.165, 1.54) is 40.9 Å². The molecule has 28 heavy (non-hydrogen) atoms. The molecule has 0 bridgehead atoms. The van der Waals surface area contributed by atoms with Gasteiger partial charge in [0, 0.05) is 22.0 Å². The number of thiazole rings is 1. The van der Waals surface area contributed by atoms with E-state index >= 15 is 0 Å². The van der Waals surface area contributed by atoms with Crippen molar-refractivity contribution in [2.45, 2.75) is 6.61 Å². The standard InChI is InChI=1S/C17H11ClF2N2O4S2/c18-11-5-10(1-2-13(11)26-17(19)20)21-14(23)6-25-16(24)12-8-28-15(22-12)9-3-4-27-7-9/h1-5,7-8,17H,6H2,(H,21,23). The molecular formula is C17H11ClF2N2O4S2. The Balaban J connectivity index is 1.53. The summed E-state index contributed by atoms with van der Waals surface area (Å²) in [5.41, 5.74) is 1.25. The number of nitrogens with zero attached hydrogens (tertiary/aromatic N) is 1. The van der Waals surface area contributed by atoms with Gasteiger partial charge in [-0.25, -0.2) is 9.78 Å². The first-order chi connectivity index (χ1) is 13.4. The van der Waals surface area contributed by atoms with Crippen LogP contribution in [0.3, 0.4) is 0 Å².